The Morgan fingerprint density at radius 2 is 1.87 bits per heavy atom. The van der Waals surface area contributed by atoms with Crippen LogP contribution in [0.5, 0.6) is 0 Å². The van der Waals surface area contributed by atoms with Gasteiger partial charge >= 0.3 is 0 Å². The van der Waals surface area contributed by atoms with Crippen LogP contribution in [0.2, 0.25) is 0 Å². The van der Waals surface area contributed by atoms with Gasteiger partial charge in [-0.2, -0.15) is 10.1 Å². The fourth-order valence-corrected chi connectivity index (χ4v) is 3.99. The predicted molar refractivity (Wildman–Crippen MR) is 116 cm³/mol. The SMILES string of the molecule is Cc1ccc(-c2noc(-c3c(C)nn4c(C5CCNCC5)cc(=O)[nH]c34)n2)cc1.Cl. The topological polar surface area (TPSA) is 101 Å². The number of piperidine rings is 1. The van der Waals surface area contributed by atoms with E-state index in [2.05, 4.69) is 20.4 Å². The van der Waals surface area contributed by atoms with Crippen molar-refractivity contribution in [2.45, 2.75) is 32.6 Å². The molecule has 30 heavy (non-hydrogen) atoms. The van der Waals surface area contributed by atoms with Gasteiger partial charge in [0.25, 0.3) is 11.4 Å². The number of hydrogen-bond donors (Lipinski definition) is 2. The summed E-state index contributed by atoms with van der Waals surface area (Å²) in [6.45, 7) is 5.80. The molecule has 156 valence electrons. The normalized spacial score (nSPS) is 14.7. The molecule has 1 aliphatic heterocycles. The average molecular weight is 427 g/mol. The molecule has 0 radical (unpaired) electrons. The third kappa shape index (κ3) is 3.53. The molecule has 1 fully saturated rings. The summed E-state index contributed by atoms with van der Waals surface area (Å²) in [5, 5.41) is 12.2. The van der Waals surface area contributed by atoms with Crippen molar-refractivity contribution in [3.63, 3.8) is 0 Å². The first kappa shape index (κ1) is 20.3. The number of nitrogens with zero attached hydrogens (tertiary/aromatic N) is 4. The number of rotatable bonds is 3. The van der Waals surface area contributed by atoms with Gasteiger partial charge in [0.15, 0.2) is 0 Å². The number of halogens is 1. The molecule has 0 atom stereocenters. The van der Waals surface area contributed by atoms with Crippen LogP contribution in [0.3, 0.4) is 0 Å². The van der Waals surface area contributed by atoms with Crippen molar-refractivity contribution in [3.05, 3.63) is 57.6 Å². The molecular weight excluding hydrogens is 404 g/mol. The fraction of sp³-hybridized carbons (Fsp3) is 0.333. The minimum atomic E-state index is -0.148. The monoisotopic (exact) mass is 426 g/mol. The van der Waals surface area contributed by atoms with Gasteiger partial charge in [-0.3, -0.25) is 4.79 Å². The zero-order chi connectivity index (χ0) is 20.0. The molecule has 0 saturated carbocycles. The van der Waals surface area contributed by atoms with Crippen molar-refractivity contribution in [2.24, 2.45) is 0 Å². The number of aryl methyl sites for hydroxylation is 2. The number of aromatic amines is 1. The number of benzene rings is 1. The highest BCUT2D eigenvalue weighted by Crippen LogP contribution is 2.31. The molecule has 1 aliphatic rings. The molecule has 3 aromatic heterocycles. The molecule has 4 aromatic rings. The van der Waals surface area contributed by atoms with E-state index in [1.54, 1.807) is 6.07 Å². The lowest BCUT2D eigenvalue weighted by Crippen LogP contribution is -2.28. The van der Waals surface area contributed by atoms with Crippen LogP contribution in [-0.2, 0) is 0 Å². The van der Waals surface area contributed by atoms with Gasteiger partial charge in [-0.05, 0) is 39.8 Å². The third-order valence-corrected chi connectivity index (χ3v) is 5.53. The Bertz CT molecular complexity index is 1230. The summed E-state index contributed by atoms with van der Waals surface area (Å²) in [7, 11) is 0. The van der Waals surface area contributed by atoms with Crippen molar-refractivity contribution < 1.29 is 4.52 Å². The summed E-state index contributed by atoms with van der Waals surface area (Å²) in [6, 6.07) is 9.60. The van der Waals surface area contributed by atoms with Crippen LogP contribution in [-0.4, -0.2) is 37.8 Å². The molecule has 9 heteroatoms. The summed E-state index contributed by atoms with van der Waals surface area (Å²) >= 11 is 0. The molecular formula is C21H23ClN6O2. The number of nitrogens with one attached hydrogen (secondary N) is 2. The first-order chi connectivity index (χ1) is 14.1. The maximum Gasteiger partial charge on any atom is 0.263 e. The van der Waals surface area contributed by atoms with Gasteiger partial charge in [-0.1, -0.05) is 35.0 Å². The smallest absolute Gasteiger partial charge is 0.263 e. The molecule has 0 spiro atoms. The summed E-state index contributed by atoms with van der Waals surface area (Å²) in [6.07, 6.45) is 1.95. The maximum atomic E-state index is 12.4. The van der Waals surface area contributed by atoms with Crippen LogP contribution in [0, 0.1) is 13.8 Å². The molecule has 1 aromatic carbocycles. The third-order valence-electron chi connectivity index (χ3n) is 5.53. The van der Waals surface area contributed by atoms with Crippen molar-refractivity contribution in [2.75, 3.05) is 13.1 Å². The molecule has 8 nitrogen and oxygen atoms in total. The highest BCUT2D eigenvalue weighted by atomic mass is 35.5. The van der Waals surface area contributed by atoms with Crippen molar-refractivity contribution in [3.8, 4) is 22.8 Å². The molecule has 0 amide bonds. The van der Waals surface area contributed by atoms with Crippen molar-refractivity contribution in [1.82, 2.24) is 30.1 Å². The standard InChI is InChI=1S/C21H22N6O2.ClH/c1-12-3-5-15(6-4-12)19-24-21(29-26-19)18-13(2)25-27-16(11-17(28)23-20(18)27)14-7-9-22-10-8-14;/h3-6,11,14,22H,7-10H2,1-2H3,(H,23,28);1H. The van der Waals surface area contributed by atoms with E-state index in [1.165, 1.54) is 5.56 Å². The minimum Gasteiger partial charge on any atom is -0.333 e. The first-order valence-corrected chi connectivity index (χ1v) is 9.84. The average Bonchev–Trinajstić information content (AvgIpc) is 3.32. The van der Waals surface area contributed by atoms with E-state index in [9.17, 15) is 4.79 Å². The van der Waals surface area contributed by atoms with Gasteiger partial charge in [0, 0.05) is 17.5 Å². The Kier molecular flexibility index (Phi) is 5.44. The van der Waals surface area contributed by atoms with Crippen molar-refractivity contribution >= 4 is 18.1 Å². The molecule has 0 bridgehead atoms. The van der Waals surface area contributed by atoms with Gasteiger partial charge in [-0.25, -0.2) is 4.52 Å². The first-order valence-electron chi connectivity index (χ1n) is 9.84. The van der Waals surface area contributed by atoms with E-state index in [0.29, 0.717) is 28.8 Å². The molecule has 5 rings (SSSR count). The van der Waals surface area contributed by atoms with E-state index in [0.717, 1.165) is 42.9 Å². The minimum absolute atomic E-state index is 0. The highest BCUT2D eigenvalue weighted by molar-refractivity contribution is 5.85. The predicted octanol–water partition coefficient (Wildman–Crippen LogP) is 3.25. The number of hydrogen-bond acceptors (Lipinski definition) is 6. The number of aromatic nitrogens is 5. The van der Waals surface area contributed by atoms with Crippen molar-refractivity contribution in [1.29, 1.82) is 0 Å². The molecule has 1 saturated heterocycles. The molecule has 2 N–H and O–H groups in total. The molecule has 4 heterocycles. The Morgan fingerprint density at radius 3 is 2.60 bits per heavy atom. The van der Waals surface area contributed by atoms with E-state index in [4.69, 9.17) is 9.62 Å². The lowest BCUT2D eigenvalue weighted by molar-refractivity contribution is 0.432. The van der Waals surface area contributed by atoms with Crippen LogP contribution >= 0.6 is 12.4 Å². The second-order valence-corrected chi connectivity index (χ2v) is 7.59. The molecule has 0 aliphatic carbocycles. The number of fused-ring (bicyclic) bond motifs is 1. The van der Waals surface area contributed by atoms with E-state index >= 15 is 0 Å². The van der Waals surface area contributed by atoms with Gasteiger partial charge in [0.05, 0.1) is 11.4 Å². The summed E-state index contributed by atoms with van der Waals surface area (Å²) in [4.78, 5) is 19.9. The fourth-order valence-electron chi connectivity index (χ4n) is 3.99. The van der Waals surface area contributed by atoms with Gasteiger partial charge in [0.2, 0.25) is 5.82 Å². The lowest BCUT2D eigenvalue weighted by Gasteiger charge is -2.23. The quantitative estimate of drug-likeness (QED) is 0.521. The zero-order valence-electron chi connectivity index (χ0n) is 16.8. The highest BCUT2D eigenvalue weighted by Gasteiger charge is 2.24. The summed E-state index contributed by atoms with van der Waals surface area (Å²) in [5.41, 5.74) is 4.83. The van der Waals surface area contributed by atoms with E-state index in [1.807, 2.05) is 42.6 Å². The van der Waals surface area contributed by atoms with Crippen LogP contribution < -0.4 is 10.9 Å². The molecule has 0 unspecified atom stereocenters. The Morgan fingerprint density at radius 1 is 1.13 bits per heavy atom. The van der Waals surface area contributed by atoms with Gasteiger partial charge in [0.1, 0.15) is 11.2 Å². The summed E-state index contributed by atoms with van der Waals surface area (Å²) in [5.74, 6) is 1.15. The Hall–Kier alpha value is -2.97. The van der Waals surface area contributed by atoms with Crippen LogP contribution in [0.4, 0.5) is 0 Å². The second kappa shape index (κ2) is 8.04. The van der Waals surface area contributed by atoms with Crippen LogP contribution in [0.1, 0.15) is 35.7 Å². The maximum absolute atomic E-state index is 12.4. The lowest BCUT2D eigenvalue weighted by atomic mass is 9.94. The number of H-pyrrole nitrogens is 1. The summed E-state index contributed by atoms with van der Waals surface area (Å²) < 4.78 is 7.39. The Labute approximate surface area is 179 Å². The second-order valence-electron chi connectivity index (χ2n) is 7.59. The Balaban J connectivity index is 0.00000218. The van der Waals surface area contributed by atoms with E-state index in [-0.39, 0.29) is 18.0 Å². The zero-order valence-corrected chi connectivity index (χ0v) is 17.6. The largest absolute Gasteiger partial charge is 0.333 e. The van der Waals surface area contributed by atoms with Gasteiger partial charge < -0.3 is 14.8 Å². The van der Waals surface area contributed by atoms with E-state index < -0.39 is 0 Å². The van der Waals surface area contributed by atoms with Crippen LogP contribution in [0.25, 0.3) is 28.5 Å². The van der Waals surface area contributed by atoms with Crippen LogP contribution in [0.15, 0.2) is 39.6 Å². The van der Waals surface area contributed by atoms with Gasteiger partial charge in [-0.15, -0.1) is 12.4 Å².